The second-order valence-electron chi connectivity index (χ2n) is 9.12. The van der Waals surface area contributed by atoms with Gasteiger partial charge >= 0.3 is 13.6 Å². The lowest BCUT2D eigenvalue weighted by atomic mass is 9.86. The summed E-state index contributed by atoms with van der Waals surface area (Å²) in [7, 11) is -3.88. The van der Waals surface area contributed by atoms with Crippen molar-refractivity contribution in [2.45, 2.75) is 18.0 Å². The van der Waals surface area contributed by atoms with Gasteiger partial charge in [0.2, 0.25) is 0 Å². The molecule has 0 saturated carbocycles. The van der Waals surface area contributed by atoms with Gasteiger partial charge in [0.25, 0.3) is 0 Å². The molecule has 1 saturated heterocycles. The van der Waals surface area contributed by atoms with E-state index in [4.69, 9.17) is 9.05 Å². The van der Waals surface area contributed by atoms with Crippen molar-refractivity contribution in [3.05, 3.63) is 121 Å². The maximum atomic E-state index is 14.0. The Labute approximate surface area is 222 Å². The molecule has 1 aliphatic rings. The molecule has 1 heterocycles. The van der Waals surface area contributed by atoms with Crippen LogP contribution >= 0.6 is 7.60 Å². The molecule has 0 bridgehead atoms. The molecule has 2 atom stereocenters. The van der Waals surface area contributed by atoms with Crippen LogP contribution in [0.25, 0.3) is 11.1 Å². The summed E-state index contributed by atoms with van der Waals surface area (Å²) < 4.78 is 25.7. The van der Waals surface area contributed by atoms with Crippen LogP contribution < -0.4 is 19.7 Å². The van der Waals surface area contributed by atoms with Crippen molar-refractivity contribution in [3.63, 3.8) is 0 Å². The standard InChI is InChI=1S/C30H29N2O5P/c33-29(34)30(28(20-21-31-30)25-18-16-24(17-19-25)23-10-4-1-5-11-23)32-22-38(35,36-26-12-6-2-7-13-26)37-27-14-8-3-9-15-27/h1-19,28,31-32H,20-22H2,(H,33,34)/t28?,30-/m0/s1. The minimum absolute atomic E-state index is 0.325. The molecule has 0 amide bonds. The monoisotopic (exact) mass is 528 g/mol. The molecule has 8 heteroatoms. The first-order chi connectivity index (χ1) is 18.5. The van der Waals surface area contributed by atoms with Gasteiger partial charge in [0, 0.05) is 5.92 Å². The summed E-state index contributed by atoms with van der Waals surface area (Å²) in [5, 5.41) is 16.6. The molecule has 0 aromatic heterocycles. The molecule has 0 aliphatic carbocycles. The number of carboxylic acids is 1. The summed E-state index contributed by atoms with van der Waals surface area (Å²) >= 11 is 0. The van der Waals surface area contributed by atoms with Gasteiger partial charge < -0.3 is 14.2 Å². The van der Waals surface area contributed by atoms with Crippen LogP contribution in [0.1, 0.15) is 17.9 Å². The van der Waals surface area contributed by atoms with Gasteiger partial charge in [-0.15, -0.1) is 0 Å². The smallest absolute Gasteiger partial charge is 0.444 e. The SMILES string of the molecule is O=C(O)[C@]1(NCP(=O)(Oc2ccccc2)Oc2ccccc2)NCCC1c1ccc(-c2ccccc2)cc1. The Bertz CT molecular complexity index is 1360. The molecule has 7 nitrogen and oxygen atoms in total. The van der Waals surface area contributed by atoms with Crippen molar-refractivity contribution in [2.24, 2.45) is 0 Å². The predicted octanol–water partition coefficient (Wildman–Crippen LogP) is 6.11. The Balaban J connectivity index is 1.41. The summed E-state index contributed by atoms with van der Waals surface area (Å²) in [5.41, 5.74) is 1.45. The number of aliphatic carboxylic acids is 1. The Morgan fingerprint density at radius 1 is 0.816 bits per heavy atom. The third-order valence-corrected chi connectivity index (χ3v) is 8.17. The lowest BCUT2D eigenvalue weighted by Crippen LogP contribution is -2.62. The largest absolute Gasteiger partial charge is 0.479 e. The van der Waals surface area contributed by atoms with E-state index in [1.807, 2.05) is 66.7 Å². The number of hydrogen-bond acceptors (Lipinski definition) is 6. The minimum Gasteiger partial charge on any atom is -0.479 e. The second-order valence-corrected chi connectivity index (χ2v) is 11.0. The zero-order valence-corrected chi connectivity index (χ0v) is 21.6. The molecule has 1 aliphatic heterocycles. The maximum Gasteiger partial charge on any atom is 0.444 e. The zero-order chi connectivity index (χ0) is 26.4. The average Bonchev–Trinajstić information content (AvgIpc) is 3.39. The van der Waals surface area contributed by atoms with Crippen molar-refractivity contribution >= 4 is 13.6 Å². The van der Waals surface area contributed by atoms with E-state index in [1.54, 1.807) is 48.5 Å². The molecular formula is C30H29N2O5P. The van der Waals surface area contributed by atoms with Gasteiger partial charge in [-0.25, -0.2) is 9.36 Å². The van der Waals surface area contributed by atoms with Crippen LogP contribution in [-0.2, 0) is 9.36 Å². The highest BCUT2D eigenvalue weighted by atomic mass is 31.2. The lowest BCUT2D eigenvalue weighted by molar-refractivity contribution is -0.146. The molecule has 3 N–H and O–H groups in total. The quantitative estimate of drug-likeness (QED) is 0.214. The second kappa shape index (κ2) is 11.2. The van der Waals surface area contributed by atoms with Gasteiger partial charge in [0.05, 0.1) is 0 Å². The zero-order valence-electron chi connectivity index (χ0n) is 20.7. The van der Waals surface area contributed by atoms with Crippen LogP contribution in [0.15, 0.2) is 115 Å². The number of carbonyl (C=O) groups is 1. The van der Waals surface area contributed by atoms with E-state index in [0.717, 1.165) is 16.7 Å². The number of benzene rings is 4. The van der Waals surface area contributed by atoms with Crippen LogP contribution in [-0.4, -0.2) is 29.6 Å². The van der Waals surface area contributed by atoms with Crippen molar-refractivity contribution in [2.75, 3.05) is 12.8 Å². The highest BCUT2D eigenvalue weighted by Gasteiger charge is 2.51. The third-order valence-electron chi connectivity index (χ3n) is 6.64. The Morgan fingerprint density at radius 3 is 1.84 bits per heavy atom. The fourth-order valence-corrected chi connectivity index (χ4v) is 6.28. The van der Waals surface area contributed by atoms with Gasteiger partial charge in [-0.2, -0.15) is 0 Å². The number of para-hydroxylation sites is 2. The molecule has 5 rings (SSSR count). The summed E-state index contributed by atoms with van der Waals surface area (Å²) in [6, 6.07) is 35.3. The van der Waals surface area contributed by atoms with E-state index < -0.39 is 25.1 Å². The molecule has 4 aromatic rings. The van der Waals surface area contributed by atoms with E-state index in [2.05, 4.69) is 10.6 Å². The van der Waals surface area contributed by atoms with Gasteiger partial charge in [-0.05, 0) is 53.9 Å². The Kier molecular flexibility index (Phi) is 7.61. The summed E-state index contributed by atoms with van der Waals surface area (Å²) in [5.74, 6) is -0.763. The third kappa shape index (κ3) is 5.65. The number of carboxylic acid groups (broad SMARTS) is 1. The topological polar surface area (TPSA) is 96.9 Å². The van der Waals surface area contributed by atoms with Crippen molar-refractivity contribution < 1.29 is 23.5 Å². The molecular weight excluding hydrogens is 499 g/mol. The summed E-state index contributed by atoms with van der Waals surface area (Å²) in [4.78, 5) is 12.7. The number of nitrogens with one attached hydrogen (secondary N) is 2. The van der Waals surface area contributed by atoms with Crippen LogP contribution in [0.3, 0.4) is 0 Å². The van der Waals surface area contributed by atoms with Gasteiger partial charge in [0.15, 0.2) is 5.66 Å². The molecule has 0 spiro atoms. The van der Waals surface area contributed by atoms with E-state index in [0.29, 0.717) is 24.5 Å². The predicted molar refractivity (Wildman–Crippen MR) is 147 cm³/mol. The normalized spacial score (nSPS) is 19.1. The molecule has 38 heavy (non-hydrogen) atoms. The average molecular weight is 529 g/mol. The van der Waals surface area contributed by atoms with Crippen LogP contribution in [0.4, 0.5) is 0 Å². The first-order valence-electron chi connectivity index (χ1n) is 12.4. The highest BCUT2D eigenvalue weighted by Crippen LogP contribution is 2.48. The Hall–Kier alpha value is -3.90. The van der Waals surface area contributed by atoms with Crippen LogP contribution in [0.5, 0.6) is 11.5 Å². The first-order valence-corrected chi connectivity index (χ1v) is 14.2. The maximum absolute atomic E-state index is 14.0. The van der Waals surface area contributed by atoms with Crippen molar-refractivity contribution in [1.82, 2.24) is 10.6 Å². The fraction of sp³-hybridized carbons (Fsp3) is 0.167. The molecule has 4 aromatic carbocycles. The highest BCUT2D eigenvalue weighted by molar-refractivity contribution is 7.54. The van der Waals surface area contributed by atoms with Crippen LogP contribution in [0, 0.1) is 0 Å². The van der Waals surface area contributed by atoms with Crippen LogP contribution in [0.2, 0.25) is 0 Å². The lowest BCUT2D eigenvalue weighted by Gasteiger charge is -2.34. The molecule has 1 unspecified atom stereocenters. The molecule has 0 radical (unpaired) electrons. The minimum atomic E-state index is -3.88. The van der Waals surface area contributed by atoms with E-state index >= 15 is 0 Å². The van der Waals surface area contributed by atoms with Crippen molar-refractivity contribution in [3.8, 4) is 22.6 Å². The molecule has 1 fully saturated rings. The number of hydrogen-bond donors (Lipinski definition) is 3. The van der Waals surface area contributed by atoms with Crippen molar-refractivity contribution in [1.29, 1.82) is 0 Å². The van der Waals surface area contributed by atoms with Gasteiger partial charge in [-0.3, -0.25) is 10.6 Å². The molecule has 194 valence electrons. The van der Waals surface area contributed by atoms with Gasteiger partial charge in [0.1, 0.15) is 17.8 Å². The van der Waals surface area contributed by atoms with E-state index in [1.165, 1.54) is 0 Å². The fourth-order valence-electron chi connectivity index (χ4n) is 4.78. The summed E-state index contributed by atoms with van der Waals surface area (Å²) in [6.07, 6.45) is 0.266. The van der Waals surface area contributed by atoms with E-state index in [9.17, 15) is 14.5 Å². The van der Waals surface area contributed by atoms with E-state index in [-0.39, 0.29) is 6.29 Å². The first kappa shape index (κ1) is 25.7. The summed E-state index contributed by atoms with van der Waals surface area (Å²) in [6.45, 7) is 0.480. The van der Waals surface area contributed by atoms with Gasteiger partial charge in [-0.1, -0.05) is 91.0 Å². The Morgan fingerprint density at radius 2 is 1.32 bits per heavy atom. The number of rotatable bonds is 10.